The maximum atomic E-state index is 12.8. The van der Waals surface area contributed by atoms with Crippen molar-refractivity contribution in [2.45, 2.75) is 13.5 Å². The molecule has 1 N–H and O–H groups in total. The summed E-state index contributed by atoms with van der Waals surface area (Å²) in [7, 11) is 1.61. The lowest BCUT2D eigenvalue weighted by Crippen LogP contribution is -2.28. The van der Waals surface area contributed by atoms with Gasteiger partial charge >= 0.3 is 0 Å². The first kappa shape index (κ1) is 18.5. The lowest BCUT2D eigenvalue weighted by atomic mass is 10.1. The fourth-order valence-corrected chi connectivity index (χ4v) is 3.13. The molecule has 0 atom stereocenters. The van der Waals surface area contributed by atoms with Crippen molar-refractivity contribution in [3.63, 3.8) is 0 Å². The zero-order chi connectivity index (χ0) is 20.4. The van der Waals surface area contributed by atoms with E-state index in [0.29, 0.717) is 16.9 Å². The highest BCUT2D eigenvalue weighted by Gasteiger charge is 2.11. The summed E-state index contributed by atoms with van der Waals surface area (Å²) in [4.78, 5) is 25.2. The van der Waals surface area contributed by atoms with Gasteiger partial charge in [0.15, 0.2) is 0 Å². The van der Waals surface area contributed by atoms with Crippen molar-refractivity contribution in [3.8, 4) is 17.0 Å². The summed E-state index contributed by atoms with van der Waals surface area (Å²) in [5.74, 6) is 0.483. The largest absolute Gasteiger partial charge is 0.497 e. The van der Waals surface area contributed by atoms with Crippen LogP contribution in [0.4, 0.5) is 5.69 Å². The van der Waals surface area contributed by atoms with Gasteiger partial charge in [-0.05, 0) is 55.0 Å². The van der Waals surface area contributed by atoms with E-state index in [4.69, 9.17) is 4.74 Å². The van der Waals surface area contributed by atoms with Crippen LogP contribution < -0.4 is 15.6 Å². The first-order valence-electron chi connectivity index (χ1n) is 9.13. The summed E-state index contributed by atoms with van der Waals surface area (Å²) in [5, 5.41) is 7.27. The molecule has 29 heavy (non-hydrogen) atoms. The van der Waals surface area contributed by atoms with Crippen LogP contribution in [-0.2, 0) is 11.3 Å². The molecule has 7 nitrogen and oxygen atoms in total. The van der Waals surface area contributed by atoms with Crippen LogP contribution >= 0.6 is 0 Å². The van der Waals surface area contributed by atoms with Crippen molar-refractivity contribution < 1.29 is 9.53 Å². The van der Waals surface area contributed by atoms with Crippen molar-refractivity contribution in [1.29, 1.82) is 0 Å². The molecule has 0 unspecified atom stereocenters. The van der Waals surface area contributed by atoms with Gasteiger partial charge in [0.2, 0.25) is 5.91 Å². The maximum absolute atomic E-state index is 12.8. The van der Waals surface area contributed by atoms with Crippen molar-refractivity contribution >= 4 is 17.1 Å². The molecule has 2 heterocycles. The molecule has 2 aromatic carbocycles. The zero-order valence-electron chi connectivity index (χ0n) is 16.1. The number of rotatable bonds is 5. The van der Waals surface area contributed by atoms with Crippen LogP contribution in [0.25, 0.3) is 16.8 Å². The summed E-state index contributed by atoms with van der Waals surface area (Å²) in [6, 6.07) is 16.7. The second-order valence-electron chi connectivity index (χ2n) is 6.74. The summed E-state index contributed by atoms with van der Waals surface area (Å²) >= 11 is 0. The number of aromatic nitrogens is 3. The normalized spacial score (nSPS) is 10.8. The van der Waals surface area contributed by atoms with Gasteiger partial charge in [-0.1, -0.05) is 12.1 Å². The van der Waals surface area contributed by atoms with Crippen LogP contribution in [-0.4, -0.2) is 27.2 Å². The van der Waals surface area contributed by atoms with E-state index in [2.05, 4.69) is 10.4 Å². The van der Waals surface area contributed by atoms with E-state index in [0.717, 1.165) is 16.9 Å². The van der Waals surface area contributed by atoms with Gasteiger partial charge in [-0.25, -0.2) is 4.52 Å². The number of benzene rings is 2. The number of carbonyl (C=O) groups excluding carboxylic acids is 1. The molecular formula is C22H20N4O3. The number of fused-ring (bicyclic) bond motifs is 1. The van der Waals surface area contributed by atoms with E-state index in [1.807, 2.05) is 55.5 Å². The number of nitrogens with one attached hydrogen (secondary N) is 1. The highest BCUT2D eigenvalue weighted by atomic mass is 16.5. The van der Waals surface area contributed by atoms with Crippen LogP contribution in [0.2, 0.25) is 0 Å². The molecule has 0 saturated carbocycles. The van der Waals surface area contributed by atoms with Crippen molar-refractivity contribution in [2.75, 3.05) is 12.4 Å². The molecular weight excluding hydrogens is 368 g/mol. The molecule has 0 aliphatic heterocycles. The van der Waals surface area contributed by atoms with E-state index in [-0.39, 0.29) is 18.0 Å². The smallest absolute Gasteiger partial charge is 0.277 e. The Morgan fingerprint density at radius 3 is 2.62 bits per heavy atom. The van der Waals surface area contributed by atoms with Crippen molar-refractivity contribution in [2.24, 2.45) is 0 Å². The van der Waals surface area contributed by atoms with Crippen LogP contribution in [0.15, 0.2) is 71.8 Å². The second kappa shape index (κ2) is 7.63. The summed E-state index contributed by atoms with van der Waals surface area (Å²) in [6.07, 6.45) is 3.24. The number of methoxy groups -OCH3 is 1. The number of aryl methyl sites for hydroxylation is 1. The highest BCUT2D eigenvalue weighted by Crippen LogP contribution is 2.21. The molecule has 0 aliphatic carbocycles. The molecule has 4 aromatic rings. The van der Waals surface area contributed by atoms with Gasteiger partial charge < -0.3 is 14.6 Å². The number of carbonyl (C=O) groups is 1. The lowest BCUT2D eigenvalue weighted by molar-refractivity contribution is -0.116. The Labute approximate surface area is 167 Å². The number of hydrogen-bond donors (Lipinski definition) is 1. The van der Waals surface area contributed by atoms with E-state index < -0.39 is 0 Å². The predicted octanol–water partition coefficient (Wildman–Crippen LogP) is 3.12. The third-order valence-electron chi connectivity index (χ3n) is 4.61. The Balaban J connectivity index is 1.58. The standard InChI is InChI=1S/C22H20N4O3/c1-15-4-3-5-17(12-15)23-21(27)14-25-10-11-26-20(22(25)28)13-19(24-26)16-6-8-18(29-2)9-7-16/h3-13H,14H2,1-2H3,(H,23,27). The van der Waals surface area contributed by atoms with E-state index in [1.54, 1.807) is 25.6 Å². The number of anilines is 1. The second-order valence-corrected chi connectivity index (χ2v) is 6.74. The van der Waals surface area contributed by atoms with Gasteiger partial charge in [-0.15, -0.1) is 0 Å². The summed E-state index contributed by atoms with van der Waals surface area (Å²) < 4.78 is 8.07. The molecule has 0 radical (unpaired) electrons. The lowest BCUT2D eigenvalue weighted by Gasteiger charge is -2.08. The van der Waals surface area contributed by atoms with Gasteiger partial charge in [0.05, 0.1) is 12.8 Å². The monoisotopic (exact) mass is 388 g/mol. The van der Waals surface area contributed by atoms with Gasteiger partial charge in [0.25, 0.3) is 5.56 Å². The van der Waals surface area contributed by atoms with Gasteiger partial charge in [0.1, 0.15) is 17.8 Å². The number of nitrogens with zero attached hydrogens (tertiary/aromatic N) is 3. The Morgan fingerprint density at radius 1 is 1.10 bits per heavy atom. The minimum Gasteiger partial charge on any atom is -0.497 e. The van der Waals surface area contributed by atoms with E-state index in [1.165, 1.54) is 9.08 Å². The molecule has 0 bridgehead atoms. The molecule has 0 saturated heterocycles. The molecule has 1 amide bonds. The molecule has 0 aliphatic rings. The average molecular weight is 388 g/mol. The minimum atomic E-state index is -0.279. The van der Waals surface area contributed by atoms with E-state index in [9.17, 15) is 9.59 Å². The number of hydrogen-bond acceptors (Lipinski definition) is 4. The number of ether oxygens (including phenoxy) is 1. The topological polar surface area (TPSA) is 77.6 Å². The van der Waals surface area contributed by atoms with Crippen LogP contribution in [0, 0.1) is 6.92 Å². The SMILES string of the molecule is COc1ccc(-c2cc3c(=O)n(CC(=O)Nc4cccc(C)c4)ccn3n2)cc1. The summed E-state index contributed by atoms with van der Waals surface area (Å²) in [6.45, 7) is 1.88. The molecule has 7 heteroatoms. The molecule has 2 aromatic heterocycles. The quantitative estimate of drug-likeness (QED) is 0.570. The van der Waals surface area contributed by atoms with Crippen molar-refractivity contribution in [3.05, 3.63) is 82.9 Å². The first-order chi connectivity index (χ1) is 14.0. The fraction of sp³-hybridized carbons (Fsp3) is 0.136. The third kappa shape index (κ3) is 3.89. The third-order valence-corrected chi connectivity index (χ3v) is 4.61. The Kier molecular flexibility index (Phi) is 4.87. The van der Waals surface area contributed by atoms with E-state index >= 15 is 0 Å². The average Bonchev–Trinajstić information content (AvgIpc) is 3.15. The van der Waals surface area contributed by atoms with Gasteiger partial charge in [0, 0.05) is 23.6 Å². The van der Waals surface area contributed by atoms with Gasteiger partial charge in [-0.3, -0.25) is 9.59 Å². The van der Waals surface area contributed by atoms with Crippen LogP contribution in [0.1, 0.15) is 5.56 Å². The molecule has 4 rings (SSSR count). The maximum Gasteiger partial charge on any atom is 0.277 e. The Bertz CT molecular complexity index is 1240. The van der Waals surface area contributed by atoms with Crippen LogP contribution in [0.3, 0.4) is 0 Å². The first-order valence-corrected chi connectivity index (χ1v) is 9.13. The van der Waals surface area contributed by atoms with Crippen molar-refractivity contribution in [1.82, 2.24) is 14.2 Å². The fourth-order valence-electron chi connectivity index (χ4n) is 3.13. The molecule has 0 fully saturated rings. The highest BCUT2D eigenvalue weighted by molar-refractivity contribution is 5.90. The van der Waals surface area contributed by atoms with Gasteiger partial charge in [-0.2, -0.15) is 5.10 Å². The Morgan fingerprint density at radius 2 is 1.90 bits per heavy atom. The minimum absolute atomic E-state index is 0.0771. The zero-order valence-corrected chi connectivity index (χ0v) is 16.1. The molecule has 146 valence electrons. The number of amides is 1. The Hall–Kier alpha value is -3.87. The van der Waals surface area contributed by atoms with Crippen LogP contribution in [0.5, 0.6) is 5.75 Å². The summed E-state index contributed by atoms with van der Waals surface area (Å²) in [5.41, 5.74) is 3.42. The molecule has 0 spiro atoms. The predicted molar refractivity (Wildman–Crippen MR) is 111 cm³/mol.